The van der Waals surface area contributed by atoms with Crippen molar-refractivity contribution in [1.29, 1.82) is 0 Å². The monoisotopic (exact) mass is 325 g/mol. The molecular weight excluding hydrogens is 310 g/mol. The molecule has 1 aliphatic heterocycles. The Morgan fingerprint density at radius 3 is 2.46 bits per heavy atom. The van der Waals surface area contributed by atoms with Crippen LogP contribution >= 0.6 is 0 Å². The van der Waals surface area contributed by atoms with Gasteiger partial charge < -0.3 is 15.7 Å². The van der Waals surface area contributed by atoms with Gasteiger partial charge in [-0.05, 0) is 42.5 Å². The third kappa shape index (κ3) is 3.19. The second-order valence-electron chi connectivity index (χ2n) is 5.27. The Morgan fingerprint density at radius 2 is 1.83 bits per heavy atom. The average molecular weight is 325 g/mol. The molecule has 122 valence electrons. The Morgan fingerprint density at radius 1 is 1.08 bits per heavy atom. The first-order chi connectivity index (χ1) is 11.5. The molecule has 7 nitrogen and oxygen atoms in total. The Labute approximate surface area is 137 Å². The maximum atomic E-state index is 12.2. The van der Waals surface area contributed by atoms with Crippen LogP contribution in [-0.4, -0.2) is 36.1 Å². The van der Waals surface area contributed by atoms with Gasteiger partial charge in [0.1, 0.15) is 0 Å². The molecule has 1 saturated heterocycles. The number of aromatic carboxylic acids is 1. The molecule has 3 rings (SSSR count). The quantitative estimate of drug-likeness (QED) is 0.802. The van der Waals surface area contributed by atoms with Crippen LogP contribution in [-0.2, 0) is 0 Å². The van der Waals surface area contributed by atoms with Gasteiger partial charge in [-0.2, -0.15) is 0 Å². The number of amides is 3. The molecule has 0 radical (unpaired) electrons. The molecule has 0 spiro atoms. The van der Waals surface area contributed by atoms with Crippen LogP contribution in [0, 0.1) is 0 Å². The van der Waals surface area contributed by atoms with Crippen molar-refractivity contribution in [2.24, 2.45) is 0 Å². The molecule has 2 aromatic rings. The van der Waals surface area contributed by atoms with Crippen molar-refractivity contribution in [1.82, 2.24) is 5.32 Å². The highest BCUT2D eigenvalue weighted by Crippen LogP contribution is 2.18. The Hall–Kier alpha value is -3.35. The molecule has 0 saturated carbocycles. The third-order valence-corrected chi connectivity index (χ3v) is 3.67. The lowest BCUT2D eigenvalue weighted by Gasteiger charge is -2.14. The predicted molar refractivity (Wildman–Crippen MR) is 88.5 cm³/mol. The van der Waals surface area contributed by atoms with Crippen molar-refractivity contribution in [3.63, 3.8) is 0 Å². The number of hydrogen-bond donors (Lipinski definition) is 3. The van der Waals surface area contributed by atoms with E-state index in [2.05, 4.69) is 10.6 Å². The smallest absolute Gasteiger partial charge is 0.335 e. The Bertz CT molecular complexity index is 802. The average Bonchev–Trinajstić information content (AvgIpc) is 3.01. The van der Waals surface area contributed by atoms with Crippen LogP contribution in [0.2, 0.25) is 0 Å². The molecule has 24 heavy (non-hydrogen) atoms. The van der Waals surface area contributed by atoms with E-state index >= 15 is 0 Å². The fourth-order valence-electron chi connectivity index (χ4n) is 2.44. The van der Waals surface area contributed by atoms with Crippen molar-refractivity contribution < 1.29 is 19.5 Å². The maximum Gasteiger partial charge on any atom is 0.335 e. The summed E-state index contributed by atoms with van der Waals surface area (Å²) >= 11 is 0. The number of carboxylic acids is 1. The highest BCUT2D eigenvalue weighted by atomic mass is 16.4. The molecule has 7 heteroatoms. The van der Waals surface area contributed by atoms with Gasteiger partial charge >= 0.3 is 12.0 Å². The SMILES string of the molecule is O=C(O)c1cccc(NC(=O)c2ccc(N3CCNC3=O)cc2)c1. The zero-order valence-electron chi connectivity index (χ0n) is 12.7. The number of anilines is 2. The van der Waals surface area contributed by atoms with Gasteiger partial charge in [0, 0.05) is 30.0 Å². The number of benzene rings is 2. The van der Waals surface area contributed by atoms with Crippen molar-refractivity contribution in [2.75, 3.05) is 23.3 Å². The van der Waals surface area contributed by atoms with Crippen molar-refractivity contribution in [3.8, 4) is 0 Å². The standard InChI is InChI=1S/C17H15N3O4/c21-15(19-13-3-1-2-12(10-13)16(22)23)11-4-6-14(7-5-11)20-9-8-18-17(20)24/h1-7,10H,8-9H2,(H,18,24)(H,19,21)(H,22,23). The molecule has 0 atom stereocenters. The van der Waals surface area contributed by atoms with Crippen LogP contribution in [0.25, 0.3) is 0 Å². The Kier molecular flexibility index (Phi) is 4.15. The van der Waals surface area contributed by atoms with Gasteiger partial charge in [0.15, 0.2) is 0 Å². The molecule has 1 aliphatic rings. The lowest BCUT2D eigenvalue weighted by Crippen LogP contribution is -2.27. The van der Waals surface area contributed by atoms with E-state index in [4.69, 9.17) is 5.11 Å². The summed E-state index contributed by atoms with van der Waals surface area (Å²) in [5.41, 5.74) is 1.64. The van der Waals surface area contributed by atoms with Crippen LogP contribution in [0.1, 0.15) is 20.7 Å². The molecule has 0 aliphatic carbocycles. The molecule has 1 heterocycles. The number of carbonyl (C=O) groups excluding carboxylic acids is 2. The molecule has 3 amide bonds. The molecule has 0 bridgehead atoms. The van der Waals surface area contributed by atoms with E-state index < -0.39 is 5.97 Å². The molecule has 3 N–H and O–H groups in total. The predicted octanol–water partition coefficient (Wildman–Crippen LogP) is 2.17. The first kappa shape index (κ1) is 15.5. The van der Waals surface area contributed by atoms with Crippen LogP contribution in [0.4, 0.5) is 16.2 Å². The van der Waals surface area contributed by atoms with E-state index in [0.717, 1.165) is 5.69 Å². The van der Waals surface area contributed by atoms with Gasteiger partial charge in [-0.3, -0.25) is 9.69 Å². The van der Waals surface area contributed by atoms with E-state index in [0.29, 0.717) is 24.3 Å². The molecule has 0 unspecified atom stereocenters. The van der Waals surface area contributed by atoms with E-state index in [1.54, 1.807) is 41.3 Å². The molecule has 1 fully saturated rings. The summed E-state index contributed by atoms with van der Waals surface area (Å²) in [5.74, 6) is -1.41. The third-order valence-electron chi connectivity index (χ3n) is 3.67. The van der Waals surface area contributed by atoms with Crippen molar-refractivity contribution >= 4 is 29.3 Å². The van der Waals surface area contributed by atoms with Crippen LogP contribution in [0.15, 0.2) is 48.5 Å². The van der Waals surface area contributed by atoms with E-state index in [1.807, 2.05) is 0 Å². The molecule has 2 aromatic carbocycles. The maximum absolute atomic E-state index is 12.2. The zero-order valence-corrected chi connectivity index (χ0v) is 12.7. The summed E-state index contributed by atoms with van der Waals surface area (Å²) in [6.07, 6.45) is 0. The minimum absolute atomic E-state index is 0.100. The van der Waals surface area contributed by atoms with Gasteiger partial charge in [0.2, 0.25) is 0 Å². The van der Waals surface area contributed by atoms with Crippen molar-refractivity contribution in [2.45, 2.75) is 0 Å². The fraction of sp³-hybridized carbons (Fsp3) is 0.118. The van der Waals surface area contributed by atoms with Crippen LogP contribution in [0.3, 0.4) is 0 Å². The highest BCUT2D eigenvalue weighted by molar-refractivity contribution is 6.05. The van der Waals surface area contributed by atoms with E-state index in [1.165, 1.54) is 12.1 Å². The molecular formula is C17H15N3O4. The first-order valence-electron chi connectivity index (χ1n) is 7.35. The number of rotatable bonds is 4. The molecule has 0 aromatic heterocycles. The summed E-state index contributed by atoms with van der Waals surface area (Å²) in [5, 5.41) is 14.3. The summed E-state index contributed by atoms with van der Waals surface area (Å²) < 4.78 is 0. The van der Waals surface area contributed by atoms with Crippen LogP contribution < -0.4 is 15.5 Å². The largest absolute Gasteiger partial charge is 0.478 e. The highest BCUT2D eigenvalue weighted by Gasteiger charge is 2.21. The lowest BCUT2D eigenvalue weighted by molar-refractivity contribution is 0.0696. The second-order valence-corrected chi connectivity index (χ2v) is 5.27. The van der Waals surface area contributed by atoms with Gasteiger partial charge in [0.25, 0.3) is 5.91 Å². The minimum atomic E-state index is -1.06. The number of carbonyl (C=O) groups is 3. The number of nitrogens with zero attached hydrogens (tertiary/aromatic N) is 1. The lowest BCUT2D eigenvalue weighted by atomic mass is 10.1. The van der Waals surface area contributed by atoms with Gasteiger partial charge in [0.05, 0.1) is 5.56 Å². The van der Waals surface area contributed by atoms with E-state index in [-0.39, 0.29) is 17.5 Å². The minimum Gasteiger partial charge on any atom is -0.478 e. The fourth-order valence-corrected chi connectivity index (χ4v) is 2.44. The number of hydrogen-bond acceptors (Lipinski definition) is 3. The van der Waals surface area contributed by atoms with Gasteiger partial charge in [-0.1, -0.05) is 6.07 Å². The van der Waals surface area contributed by atoms with Crippen LogP contribution in [0.5, 0.6) is 0 Å². The second kappa shape index (κ2) is 6.41. The van der Waals surface area contributed by atoms with Gasteiger partial charge in [-0.15, -0.1) is 0 Å². The Balaban J connectivity index is 1.72. The summed E-state index contributed by atoms with van der Waals surface area (Å²) in [7, 11) is 0. The first-order valence-corrected chi connectivity index (χ1v) is 7.35. The zero-order chi connectivity index (χ0) is 17.1. The summed E-state index contributed by atoms with van der Waals surface area (Å²) in [6, 6.07) is 12.5. The van der Waals surface area contributed by atoms with E-state index in [9.17, 15) is 14.4 Å². The van der Waals surface area contributed by atoms with Crippen molar-refractivity contribution in [3.05, 3.63) is 59.7 Å². The normalized spacial score (nSPS) is 13.5. The van der Waals surface area contributed by atoms with Gasteiger partial charge in [-0.25, -0.2) is 9.59 Å². The summed E-state index contributed by atoms with van der Waals surface area (Å²) in [6.45, 7) is 1.19. The topological polar surface area (TPSA) is 98.7 Å². The number of carboxylic acid groups (broad SMARTS) is 1. The summed E-state index contributed by atoms with van der Waals surface area (Å²) in [4.78, 5) is 36.4. The number of urea groups is 1. The number of nitrogens with one attached hydrogen (secondary N) is 2.